The number of hydrogen-bond donors (Lipinski definition) is 1. The van der Waals surface area contributed by atoms with Crippen LogP contribution in [0.2, 0.25) is 0 Å². The van der Waals surface area contributed by atoms with Crippen molar-refractivity contribution in [1.29, 1.82) is 0 Å². The molecule has 8 heteroatoms. The first-order valence-electron chi connectivity index (χ1n) is 10.1. The zero-order valence-electron chi connectivity index (χ0n) is 17.6. The smallest absolute Gasteiger partial charge is 0.230 e. The number of nitrogens with zero attached hydrogens (tertiary/aromatic N) is 4. The van der Waals surface area contributed by atoms with Gasteiger partial charge in [-0.3, -0.25) is 14.3 Å². The number of halogens is 1. The molecule has 1 fully saturated rings. The molecule has 0 saturated heterocycles. The van der Waals surface area contributed by atoms with Gasteiger partial charge in [0.05, 0.1) is 11.8 Å². The lowest BCUT2D eigenvalue weighted by Crippen LogP contribution is -2.38. The molecule has 0 unspecified atom stereocenters. The molecule has 6 nitrogen and oxygen atoms in total. The Morgan fingerprint density at radius 3 is 2.52 bits per heavy atom. The molecule has 1 N–H and O–H groups in total. The average Bonchev–Trinajstić information content (AvgIpc) is 3.12. The van der Waals surface area contributed by atoms with Crippen molar-refractivity contribution in [3.05, 3.63) is 35.9 Å². The molecular formula is C21H30FN5OS. The first-order valence-corrected chi connectivity index (χ1v) is 11.1. The zero-order chi connectivity index (χ0) is 21.0. The Morgan fingerprint density at radius 2 is 1.90 bits per heavy atom. The molecule has 1 heterocycles. The number of carbonyl (C=O) groups is 1. The van der Waals surface area contributed by atoms with Crippen LogP contribution in [0.3, 0.4) is 0 Å². The predicted molar refractivity (Wildman–Crippen MR) is 114 cm³/mol. The minimum absolute atomic E-state index is 0.0139. The number of thioether (sulfide) groups is 1. The maximum absolute atomic E-state index is 13.4. The average molecular weight is 420 g/mol. The molecule has 1 aliphatic carbocycles. The highest BCUT2D eigenvalue weighted by Crippen LogP contribution is 2.27. The van der Waals surface area contributed by atoms with E-state index in [0.29, 0.717) is 5.16 Å². The fourth-order valence-corrected chi connectivity index (χ4v) is 4.28. The van der Waals surface area contributed by atoms with Gasteiger partial charge in [-0.1, -0.05) is 18.7 Å². The van der Waals surface area contributed by atoms with Crippen molar-refractivity contribution in [2.24, 2.45) is 5.92 Å². The van der Waals surface area contributed by atoms with Gasteiger partial charge in [0, 0.05) is 11.7 Å². The summed E-state index contributed by atoms with van der Waals surface area (Å²) in [7, 11) is 3.94. The van der Waals surface area contributed by atoms with E-state index >= 15 is 0 Å². The predicted octanol–water partition coefficient (Wildman–Crippen LogP) is 3.82. The molecule has 1 amide bonds. The van der Waals surface area contributed by atoms with Crippen LogP contribution in [0.1, 0.15) is 51.4 Å². The van der Waals surface area contributed by atoms with Gasteiger partial charge in [-0.15, -0.1) is 10.2 Å². The molecule has 1 saturated carbocycles. The fraction of sp³-hybridized carbons (Fsp3) is 0.571. The van der Waals surface area contributed by atoms with Gasteiger partial charge in [0.2, 0.25) is 5.91 Å². The molecule has 0 aliphatic heterocycles. The molecule has 29 heavy (non-hydrogen) atoms. The number of carbonyl (C=O) groups excluding carboxylic acids is 1. The monoisotopic (exact) mass is 419 g/mol. The minimum atomic E-state index is -0.292. The maximum Gasteiger partial charge on any atom is 0.230 e. The van der Waals surface area contributed by atoms with Crippen LogP contribution < -0.4 is 5.32 Å². The van der Waals surface area contributed by atoms with E-state index in [1.807, 2.05) is 30.5 Å². The van der Waals surface area contributed by atoms with Crippen molar-refractivity contribution in [3.63, 3.8) is 0 Å². The largest absolute Gasteiger partial charge is 0.353 e. The number of benzene rings is 1. The van der Waals surface area contributed by atoms with Crippen molar-refractivity contribution in [2.45, 2.75) is 56.8 Å². The van der Waals surface area contributed by atoms with E-state index in [2.05, 4.69) is 22.4 Å². The molecule has 158 valence electrons. The van der Waals surface area contributed by atoms with E-state index in [1.165, 1.54) is 36.7 Å². The van der Waals surface area contributed by atoms with Crippen LogP contribution in [0.25, 0.3) is 5.69 Å². The highest BCUT2D eigenvalue weighted by atomic mass is 32.2. The summed E-state index contributed by atoms with van der Waals surface area (Å²) >= 11 is 1.36. The molecule has 1 atom stereocenters. The summed E-state index contributed by atoms with van der Waals surface area (Å²) in [6.45, 7) is 4.30. The first-order chi connectivity index (χ1) is 13.8. The van der Waals surface area contributed by atoms with Crippen LogP contribution in [-0.2, 0) is 4.79 Å². The van der Waals surface area contributed by atoms with Crippen LogP contribution >= 0.6 is 11.8 Å². The highest BCUT2D eigenvalue weighted by Gasteiger charge is 2.23. The Morgan fingerprint density at radius 1 is 1.24 bits per heavy atom. The maximum atomic E-state index is 13.4. The zero-order valence-corrected chi connectivity index (χ0v) is 18.4. The second kappa shape index (κ2) is 9.71. The molecule has 0 spiro atoms. The van der Waals surface area contributed by atoms with E-state index in [4.69, 9.17) is 0 Å². The van der Waals surface area contributed by atoms with Gasteiger partial charge in [0.15, 0.2) is 11.0 Å². The van der Waals surface area contributed by atoms with Crippen molar-refractivity contribution >= 4 is 17.7 Å². The highest BCUT2D eigenvalue weighted by molar-refractivity contribution is 7.99. The lowest BCUT2D eigenvalue weighted by atomic mass is 9.87. The summed E-state index contributed by atoms with van der Waals surface area (Å²) in [5.41, 5.74) is 0.782. The van der Waals surface area contributed by atoms with Crippen LogP contribution in [0.4, 0.5) is 4.39 Å². The Labute approximate surface area is 176 Å². The van der Waals surface area contributed by atoms with Gasteiger partial charge < -0.3 is 5.32 Å². The summed E-state index contributed by atoms with van der Waals surface area (Å²) in [6, 6.07) is 6.55. The molecule has 1 aliphatic rings. The van der Waals surface area contributed by atoms with E-state index in [9.17, 15) is 9.18 Å². The second-order valence-corrected chi connectivity index (χ2v) is 9.05. The molecule has 1 aromatic carbocycles. The summed E-state index contributed by atoms with van der Waals surface area (Å²) in [5.74, 6) is 1.52. The summed E-state index contributed by atoms with van der Waals surface area (Å²) in [6.07, 6.45) is 4.44. The Hall–Kier alpha value is -1.93. The summed E-state index contributed by atoms with van der Waals surface area (Å²) in [4.78, 5) is 14.5. The molecule has 1 aromatic heterocycles. The van der Waals surface area contributed by atoms with Gasteiger partial charge in [-0.2, -0.15) is 0 Å². The number of rotatable bonds is 7. The van der Waals surface area contributed by atoms with Crippen LogP contribution in [0.15, 0.2) is 29.4 Å². The van der Waals surface area contributed by atoms with Crippen LogP contribution in [0, 0.1) is 11.7 Å². The molecule has 3 rings (SSSR count). The van der Waals surface area contributed by atoms with E-state index in [1.54, 1.807) is 12.1 Å². The van der Waals surface area contributed by atoms with Crippen molar-refractivity contribution in [1.82, 2.24) is 25.0 Å². The quantitative estimate of drug-likeness (QED) is 0.692. The van der Waals surface area contributed by atoms with Crippen molar-refractivity contribution in [2.75, 3.05) is 19.8 Å². The third kappa shape index (κ3) is 5.57. The van der Waals surface area contributed by atoms with E-state index < -0.39 is 0 Å². The SMILES string of the molecule is CC1CCC(NC(=O)CSc2nnc([C@@H](C)N(C)C)n2-c2ccc(F)cc2)CC1. The fourth-order valence-electron chi connectivity index (χ4n) is 3.51. The van der Waals surface area contributed by atoms with Gasteiger partial charge in [0.25, 0.3) is 0 Å². The number of hydrogen-bond acceptors (Lipinski definition) is 5. The van der Waals surface area contributed by atoms with Crippen molar-refractivity contribution in [3.8, 4) is 5.69 Å². The minimum Gasteiger partial charge on any atom is -0.353 e. The molecule has 2 aromatic rings. The Bertz CT molecular complexity index is 815. The number of amides is 1. The molecule has 0 radical (unpaired) electrons. The van der Waals surface area contributed by atoms with Gasteiger partial charge >= 0.3 is 0 Å². The van der Waals surface area contributed by atoms with E-state index in [0.717, 1.165) is 30.3 Å². The lowest BCUT2D eigenvalue weighted by Gasteiger charge is -2.26. The van der Waals surface area contributed by atoms with Gasteiger partial charge in [0.1, 0.15) is 5.82 Å². The normalized spacial score (nSPS) is 20.6. The Kier molecular flexibility index (Phi) is 7.29. The topological polar surface area (TPSA) is 63.1 Å². The van der Waals surface area contributed by atoms with Gasteiger partial charge in [-0.05, 0) is 76.9 Å². The number of nitrogens with one attached hydrogen (secondary N) is 1. The van der Waals surface area contributed by atoms with Gasteiger partial charge in [-0.25, -0.2) is 4.39 Å². The Balaban J connectivity index is 1.73. The summed E-state index contributed by atoms with van der Waals surface area (Å²) in [5, 5.41) is 12.5. The third-order valence-electron chi connectivity index (χ3n) is 5.60. The molecule has 0 bridgehead atoms. The van der Waals surface area contributed by atoms with Crippen LogP contribution in [-0.4, -0.2) is 51.5 Å². The summed E-state index contributed by atoms with van der Waals surface area (Å²) < 4.78 is 15.3. The first kappa shape index (κ1) is 21.8. The lowest BCUT2D eigenvalue weighted by molar-refractivity contribution is -0.119. The third-order valence-corrected chi connectivity index (χ3v) is 6.53. The molecular weight excluding hydrogens is 389 g/mol. The number of aromatic nitrogens is 3. The van der Waals surface area contributed by atoms with Crippen LogP contribution in [0.5, 0.6) is 0 Å². The standard InChI is InChI=1S/C21H30FN5OS/c1-14-5-9-17(10-6-14)23-19(28)13-29-21-25-24-20(15(2)26(3)4)27(21)18-11-7-16(22)8-12-18/h7-8,11-12,14-15,17H,5-6,9-10,13H2,1-4H3,(H,23,28)/t14?,15-,17?/m1/s1. The van der Waals surface area contributed by atoms with E-state index in [-0.39, 0.29) is 29.6 Å². The second-order valence-electron chi connectivity index (χ2n) is 8.11. The van der Waals surface area contributed by atoms with Crippen molar-refractivity contribution < 1.29 is 9.18 Å².